The summed E-state index contributed by atoms with van der Waals surface area (Å²) in [6.07, 6.45) is -2.71. The van der Waals surface area contributed by atoms with E-state index >= 15 is 0 Å². The molecule has 0 N–H and O–H groups in total. The maximum absolute atomic E-state index is 12.9. The van der Waals surface area contributed by atoms with Gasteiger partial charge in [-0.25, -0.2) is 4.98 Å². The normalized spacial score (nSPS) is 11.5. The minimum absolute atomic E-state index is 0.0586. The highest BCUT2D eigenvalue weighted by Crippen LogP contribution is 2.31. The van der Waals surface area contributed by atoms with Gasteiger partial charge in [-0.3, -0.25) is 4.40 Å². The van der Waals surface area contributed by atoms with Crippen molar-refractivity contribution >= 4 is 5.65 Å². The Morgan fingerprint density at radius 2 is 1.88 bits per heavy atom. The van der Waals surface area contributed by atoms with Crippen LogP contribution in [0.1, 0.15) is 24.6 Å². The molecule has 2 heterocycles. The Morgan fingerprint density at radius 3 is 2.48 bits per heavy atom. The summed E-state index contributed by atoms with van der Waals surface area (Å²) in [5.41, 5.74) is 0.486. The first-order valence-corrected chi connectivity index (χ1v) is 7.66. The fraction of sp³-hybridized carbons (Fsp3) is 0.222. The van der Waals surface area contributed by atoms with Gasteiger partial charge in [-0.15, -0.1) is 0 Å². The molecule has 0 amide bonds. The Bertz CT molecular complexity index is 937. The summed E-state index contributed by atoms with van der Waals surface area (Å²) < 4.78 is 45.4. The summed E-state index contributed by atoms with van der Waals surface area (Å²) in [7, 11) is 0. The summed E-state index contributed by atoms with van der Waals surface area (Å²) >= 11 is 0. The third-order valence-corrected chi connectivity index (χ3v) is 3.65. The Balaban J connectivity index is 2.06. The summed E-state index contributed by atoms with van der Waals surface area (Å²) in [5, 5.41) is 9.41. The van der Waals surface area contributed by atoms with Crippen LogP contribution in [-0.4, -0.2) is 16.0 Å². The molecule has 0 saturated heterocycles. The number of alkyl halides is 3. The lowest BCUT2D eigenvalue weighted by Crippen LogP contribution is -2.06. The van der Waals surface area contributed by atoms with Crippen molar-refractivity contribution in [2.45, 2.75) is 19.5 Å². The van der Waals surface area contributed by atoms with Gasteiger partial charge in [-0.2, -0.15) is 18.4 Å². The molecular formula is C18H14F3N3O. The number of nitriles is 1. The number of nitrogens with zero attached hydrogens (tertiary/aromatic N) is 3. The van der Waals surface area contributed by atoms with Gasteiger partial charge in [-0.05, 0) is 42.8 Å². The highest BCUT2D eigenvalue weighted by molar-refractivity contribution is 5.70. The molecule has 0 bridgehead atoms. The van der Waals surface area contributed by atoms with E-state index in [-0.39, 0.29) is 11.3 Å². The minimum atomic E-state index is -4.48. The van der Waals surface area contributed by atoms with E-state index in [9.17, 15) is 18.4 Å². The van der Waals surface area contributed by atoms with Crippen LogP contribution in [0.5, 0.6) is 5.75 Å². The third kappa shape index (κ3) is 3.29. The number of benzene rings is 1. The molecule has 7 heteroatoms. The maximum atomic E-state index is 12.9. The van der Waals surface area contributed by atoms with Crippen LogP contribution in [0.3, 0.4) is 0 Å². The molecule has 0 aliphatic rings. The molecule has 128 valence electrons. The minimum Gasteiger partial charge on any atom is -0.494 e. The number of halogens is 3. The monoisotopic (exact) mass is 345 g/mol. The van der Waals surface area contributed by atoms with Crippen LogP contribution in [0, 0.1) is 11.3 Å². The van der Waals surface area contributed by atoms with Crippen molar-refractivity contribution < 1.29 is 17.9 Å². The smallest absolute Gasteiger partial charge is 0.417 e. The number of ether oxygens (including phenoxy) is 1. The first-order valence-electron chi connectivity index (χ1n) is 7.66. The average Bonchev–Trinajstić information content (AvgIpc) is 2.97. The zero-order valence-corrected chi connectivity index (χ0v) is 13.3. The fourth-order valence-electron chi connectivity index (χ4n) is 2.45. The number of aromatic nitrogens is 2. The molecule has 0 radical (unpaired) electrons. The highest BCUT2D eigenvalue weighted by Gasteiger charge is 2.31. The van der Waals surface area contributed by atoms with Gasteiger partial charge in [0.05, 0.1) is 12.2 Å². The molecule has 0 fully saturated rings. The molecule has 0 atom stereocenters. The van der Waals surface area contributed by atoms with Crippen molar-refractivity contribution in [2.75, 3.05) is 6.61 Å². The molecule has 1 aromatic carbocycles. The van der Waals surface area contributed by atoms with E-state index < -0.39 is 11.7 Å². The van der Waals surface area contributed by atoms with Crippen molar-refractivity contribution in [3.63, 3.8) is 0 Å². The largest absolute Gasteiger partial charge is 0.494 e. The van der Waals surface area contributed by atoms with Gasteiger partial charge in [0.1, 0.15) is 23.2 Å². The van der Waals surface area contributed by atoms with Gasteiger partial charge in [0.25, 0.3) is 0 Å². The van der Waals surface area contributed by atoms with Gasteiger partial charge < -0.3 is 4.74 Å². The lowest BCUT2D eigenvalue weighted by atomic mass is 10.1. The number of rotatable bonds is 4. The average molecular weight is 345 g/mol. The van der Waals surface area contributed by atoms with E-state index in [1.807, 2.05) is 13.0 Å². The van der Waals surface area contributed by atoms with E-state index in [2.05, 4.69) is 4.98 Å². The molecule has 3 aromatic rings. The predicted molar refractivity (Wildman–Crippen MR) is 86.1 cm³/mol. The summed E-state index contributed by atoms with van der Waals surface area (Å²) in [6.45, 7) is 2.59. The molecule has 0 spiro atoms. The second-order valence-corrected chi connectivity index (χ2v) is 5.44. The van der Waals surface area contributed by atoms with Gasteiger partial charge in [0.15, 0.2) is 5.69 Å². The molecule has 0 saturated carbocycles. The number of imidazole rings is 1. The number of fused-ring (bicyclic) bond motifs is 1. The highest BCUT2D eigenvalue weighted by atomic mass is 19.4. The Hall–Kier alpha value is -3.01. The van der Waals surface area contributed by atoms with Crippen LogP contribution in [0.4, 0.5) is 13.2 Å². The van der Waals surface area contributed by atoms with Crippen molar-refractivity contribution in [1.29, 1.82) is 5.26 Å². The van der Waals surface area contributed by atoms with E-state index in [0.29, 0.717) is 23.6 Å². The zero-order chi connectivity index (χ0) is 18.0. The number of hydrogen-bond donors (Lipinski definition) is 0. The standard InChI is InChI=1S/C18H14F3N3O/c1-2-9-25-14-6-3-12(4-7-14)17-15(10-22)24-11-13(18(19,20)21)5-8-16(24)23-17/h3-8,11H,2,9H2,1H3. The van der Waals surface area contributed by atoms with E-state index in [4.69, 9.17) is 4.74 Å². The molecule has 2 aromatic heterocycles. The van der Waals surface area contributed by atoms with Crippen molar-refractivity contribution in [2.24, 2.45) is 0 Å². The van der Waals surface area contributed by atoms with Gasteiger partial charge in [-0.1, -0.05) is 6.92 Å². The van der Waals surface area contributed by atoms with Crippen LogP contribution in [0.15, 0.2) is 42.6 Å². The summed E-state index contributed by atoms with van der Waals surface area (Å²) in [4.78, 5) is 4.30. The number of pyridine rings is 1. The summed E-state index contributed by atoms with van der Waals surface area (Å²) in [6, 6.07) is 11.1. The second kappa shape index (κ2) is 6.48. The first-order chi connectivity index (χ1) is 11.9. The summed E-state index contributed by atoms with van der Waals surface area (Å²) in [5.74, 6) is 0.687. The number of hydrogen-bond acceptors (Lipinski definition) is 3. The molecule has 0 aliphatic carbocycles. The topological polar surface area (TPSA) is 50.3 Å². The van der Waals surface area contributed by atoms with Gasteiger partial charge >= 0.3 is 6.18 Å². The van der Waals surface area contributed by atoms with Crippen LogP contribution in [-0.2, 0) is 6.18 Å². The Kier molecular flexibility index (Phi) is 4.36. The van der Waals surface area contributed by atoms with Crippen LogP contribution in [0.25, 0.3) is 16.9 Å². The lowest BCUT2D eigenvalue weighted by molar-refractivity contribution is -0.137. The lowest BCUT2D eigenvalue weighted by Gasteiger charge is -2.06. The molecular weight excluding hydrogens is 331 g/mol. The van der Waals surface area contributed by atoms with Crippen LogP contribution in [0.2, 0.25) is 0 Å². The van der Waals surface area contributed by atoms with Crippen molar-refractivity contribution in [3.8, 4) is 23.1 Å². The SMILES string of the molecule is CCCOc1ccc(-c2nc3ccc(C(F)(F)F)cn3c2C#N)cc1. The van der Waals surface area contributed by atoms with E-state index in [1.165, 1.54) is 10.5 Å². The molecule has 25 heavy (non-hydrogen) atoms. The Labute approximate surface area is 142 Å². The predicted octanol–water partition coefficient (Wildman–Crippen LogP) is 4.68. The Morgan fingerprint density at radius 1 is 1.16 bits per heavy atom. The molecule has 0 unspecified atom stereocenters. The van der Waals surface area contributed by atoms with Gasteiger partial charge in [0.2, 0.25) is 0 Å². The van der Waals surface area contributed by atoms with Crippen molar-refractivity contribution in [3.05, 3.63) is 53.9 Å². The van der Waals surface area contributed by atoms with Crippen LogP contribution < -0.4 is 4.74 Å². The van der Waals surface area contributed by atoms with Crippen molar-refractivity contribution in [1.82, 2.24) is 9.38 Å². The zero-order valence-electron chi connectivity index (χ0n) is 13.3. The molecule has 0 aliphatic heterocycles. The second-order valence-electron chi connectivity index (χ2n) is 5.44. The van der Waals surface area contributed by atoms with Gasteiger partial charge in [0, 0.05) is 11.8 Å². The van der Waals surface area contributed by atoms with Crippen LogP contribution >= 0.6 is 0 Å². The fourth-order valence-corrected chi connectivity index (χ4v) is 2.45. The first kappa shape index (κ1) is 16.8. The van der Waals surface area contributed by atoms with E-state index in [1.54, 1.807) is 24.3 Å². The quantitative estimate of drug-likeness (QED) is 0.690. The maximum Gasteiger partial charge on any atom is 0.417 e. The third-order valence-electron chi connectivity index (χ3n) is 3.65. The molecule has 3 rings (SSSR count). The van der Waals surface area contributed by atoms with E-state index in [0.717, 1.165) is 18.7 Å². The molecule has 4 nitrogen and oxygen atoms in total.